The Morgan fingerprint density at radius 3 is 2.70 bits per heavy atom. The van der Waals surface area contributed by atoms with Gasteiger partial charge in [-0.1, -0.05) is 19.8 Å². The van der Waals surface area contributed by atoms with Crippen LogP contribution in [0.4, 0.5) is 5.82 Å². The fraction of sp³-hybridized carbons (Fsp3) is 0.500. The van der Waals surface area contributed by atoms with Gasteiger partial charge >= 0.3 is 0 Å². The molecule has 1 fully saturated rings. The molecule has 1 aliphatic carbocycles. The Bertz CT molecular complexity index is 599. The molecular formula is C18H24N4O. The molecule has 0 radical (unpaired) electrons. The molecule has 2 aromatic heterocycles. The molecule has 122 valence electrons. The third kappa shape index (κ3) is 4.41. The van der Waals surface area contributed by atoms with Crippen LogP contribution < -0.4 is 10.1 Å². The molecule has 2 aromatic rings. The Kier molecular flexibility index (Phi) is 5.40. The van der Waals surface area contributed by atoms with Crippen LogP contribution in [0.1, 0.15) is 50.6 Å². The average Bonchev–Trinajstić information content (AvgIpc) is 3.12. The standard InChI is InChI=1S/C18H24N4O/c1-2-16(15-7-9-19-10-8-15)21-17-11-20-12-18(22-17)23-13-14-5-3-4-6-14/h7-12,14,16H,2-6,13H2,1H3,(H,21,22). The van der Waals surface area contributed by atoms with Crippen molar-refractivity contribution >= 4 is 5.82 Å². The van der Waals surface area contributed by atoms with E-state index < -0.39 is 0 Å². The van der Waals surface area contributed by atoms with Gasteiger partial charge in [0.15, 0.2) is 0 Å². The number of ether oxygens (including phenoxy) is 1. The van der Waals surface area contributed by atoms with E-state index in [1.54, 1.807) is 12.4 Å². The molecule has 5 heteroatoms. The maximum Gasteiger partial charge on any atom is 0.234 e. The molecule has 0 saturated heterocycles. The van der Waals surface area contributed by atoms with Crippen LogP contribution in [0.15, 0.2) is 36.9 Å². The SMILES string of the molecule is CCC(Nc1cncc(OCC2CCCC2)n1)c1ccncc1. The lowest BCUT2D eigenvalue weighted by Crippen LogP contribution is -2.13. The second kappa shape index (κ2) is 7.90. The van der Waals surface area contributed by atoms with Crippen LogP contribution in [-0.2, 0) is 0 Å². The van der Waals surface area contributed by atoms with Crippen molar-refractivity contribution < 1.29 is 4.74 Å². The number of anilines is 1. The molecule has 3 rings (SSSR count). The Hall–Kier alpha value is -2.17. The molecule has 0 bridgehead atoms. The molecule has 0 spiro atoms. The van der Waals surface area contributed by atoms with E-state index in [9.17, 15) is 0 Å². The number of nitrogens with zero attached hydrogens (tertiary/aromatic N) is 3. The van der Waals surface area contributed by atoms with Gasteiger partial charge in [-0.15, -0.1) is 0 Å². The first-order valence-electron chi connectivity index (χ1n) is 8.46. The summed E-state index contributed by atoms with van der Waals surface area (Å²) in [4.78, 5) is 12.9. The summed E-state index contributed by atoms with van der Waals surface area (Å²) < 4.78 is 5.83. The highest BCUT2D eigenvalue weighted by atomic mass is 16.5. The van der Waals surface area contributed by atoms with Gasteiger partial charge in [0.05, 0.1) is 25.0 Å². The highest BCUT2D eigenvalue weighted by molar-refractivity contribution is 5.37. The van der Waals surface area contributed by atoms with E-state index >= 15 is 0 Å². The zero-order chi connectivity index (χ0) is 15.9. The summed E-state index contributed by atoms with van der Waals surface area (Å²) in [6.07, 6.45) is 13.2. The van der Waals surface area contributed by atoms with E-state index in [0.29, 0.717) is 11.8 Å². The van der Waals surface area contributed by atoms with Crippen LogP contribution in [0.3, 0.4) is 0 Å². The molecule has 0 aliphatic heterocycles. The number of hydrogen-bond acceptors (Lipinski definition) is 5. The monoisotopic (exact) mass is 312 g/mol. The number of hydrogen-bond donors (Lipinski definition) is 1. The van der Waals surface area contributed by atoms with Gasteiger partial charge in [0.1, 0.15) is 5.82 Å². The minimum Gasteiger partial charge on any atom is -0.476 e. The van der Waals surface area contributed by atoms with Crippen molar-refractivity contribution in [3.8, 4) is 5.88 Å². The van der Waals surface area contributed by atoms with Crippen molar-refractivity contribution in [2.75, 3.05) is 11.9 Å². The van der Waals surface area contributed by atoms with Gasteiger partial charge in [0.25, 0.3) is 0 Å². The molecule has 2 heterocycles. The Morgan fingerprint density at radius 2 is 1.96 bits per heavy atom. The van der Waals surface area contributed by atoms with Gasteiger partial charge < -0.3 is 10.1 Å². The second-order valence-corrected chi connectivity index (χ2v) is 6.09. The summed E-state index contributed by atoms with van der Waals surface area (Å²) in [6.45, 7) is 2.89. The fourth-order valence-electron chi connectivity index (χ4n) is 3.06. The fourth-order valence-corrected chi connectivity index (χ4v) is 3.06. The first kappa shape index (κ1) is 15.7. The molecule has 5 nitrogen and oxygen atoms in total. The first-order valence-corrected chi connectivity index (χ1v) is 8.46. The van der Waals surface area contributed by atoms with Crippen molar-refractivity contribution in [3.05, 3.63) is 42.5 Å². The van der Waals surface area contributed by atoms with Crippen LogP contribution in [0.25, 0.3) is 0 Å². The molecule has 0 amide bonds. The summed E-state index contributed by atoms with van der Waals surface area (Å²) in [6, 6.07) is 4.24. The Labute approximate surface area is 137 Å². The lowest BCUT2D eigenvalue weighted by molar-refractivity contribution is 0.243. The van der Waals surface area contributed by atoms with Crippen molar-refractivity contribution in [1.82, 2.24) is 15.0 Å². The van der Waals surface area contributed by atoms with Crippen molar-refractivity contribution in [2.45, 2.75) is 45.1 Å². The Balaban J connectivity index is 1.62. The molecule has 1 N–H and O–H groups in total. The molecule has 0 aromatic carbocycles. The quantitative estimate of drug-likeness (QED) is 0.837. The van der Waals surface area contributed by atoms with Gasteiger partial charge in [0.2, 0.25) is 5.88 Å². The van der Waals surface area contributed by atoms with Gasteiger partial charge in [-0.05, 0) is 42.9 Å². The van der Waals surface area contributed by atoms with Crippen molar-refractivity contribution in [3.63, 3.8) is 0 Å². The third-order valence-electron chi connectivity index (χ3n) is 4.39. The minimum absolute atomic E-state index is 0.192. The minimum atomic E-state index is 0.192. The molecule has 1 unspecified atom stereocenters. The van der Waals surface area contributed by atoms with Crippen molar-refractivity contribution in [1.29, 1.82) is 0 Å². The normalized spacial score (nSPS) is 16.2. The van der Waals surface area contributed by atoms with E-state index in [-0.39, 0.29) is 6.04 Å². The topological polar surface area (TPSA) is 59.9 Å². The van der Waals surface area contributed by atoms with E-state index in [4.69, 9.17) is 4.74 Å². The maximum atomic E-state index is 5.83. The van der Waals surface area contributed by atoms with Gasteiger partial charge in [-0.3, -0.25) is 9.97 Å². The van der Waals surface area contributed by atoms with Crippen LogP contribution in [0.2, 0.25) is 0 Å². The lowest BCUT2D eigenvalue weighted by Gasteiger charge is -2.18. The van der Waals surface area contributed by atoms with Gasteiger partial charge in [-0.25, -0.2) is 0 Å². The predicted molar refractivity (Wildman–Crippen MR) is 90.4 cm³/mol. The van der Waals surface area contributed by atoms with Crippen LogP contribution in [-0.4, -0.2) is 21.6 Å². The summed E-state index contributed by atoms with van der Waals surface area (Å²) in [5, 5.41) is 3.43. The summed E-state index contributed by atoms with van der Waals surface area (Å²) in [7, 11) is 0. The van der Waals surface area contributed by atoms with E-state index in [1.807, 2.05) is 24.5 Å². The number of nitrogens with one attached hydrogen (secondary N) is 1. The largest absolute Gasteiger partial charge is 0.476 e. The predicted octanol–water partition coefficient (Wildman–Crippen LogP) is 4.00. The van der Waals surface area contributed by atoms with Crippen molar-refractivity contribution in [2.24, 2.45) is 5.92 Å². The van der Waals surface area contributed by atoms with Gasteiger partial charge in [0, 0.05) is 12.4 Å². The molecular weight excluding hydrogens is 288 g/mol. The summed E-state index contributed by atoms with van der Waals surface area (Å²) >= 11 is 0. The lowest BCUT2D eigenvalue weighted by atomic mass is 10.1. The van der Waals surface area contributed by atoms with E-state index in [2.05, 4.69) is 27.2 Å². The zero-order valence-electron chi connectivity index (χ0n) is 13.6. The molecule has 23 heavy (non-hydrogen) atoms. The third-order valence-corrected chi connectivity index (χ3v) is 4.39. The highest BCUT2D eigenvalue weighted by Gasteiger charge is 2.16. The molecule has 1 atom stereocenters. The first-order chi connectivity index (χ1) is 11.3. The summed E-state index contributed by atoms with van der Waals surface area (Å²) in [5.41, 5.74) is 1.20. The average molecular weight is 312 g/mol. The highest BCUT2D eigenvalue weighted by Crippen LogP contribution is 2.26. The number of pyridine rings is 1. The smallest absolute Gasteiger partial charge is 0.234 e. The van der Waals surface area contributed by atoms with Crippen LogP contribution in [0.5, 0.6) is 5.88 Å². The van der Waals surface area contributed by atoms with Crippen LogP contribution >= 0.6 is 0 Å². The Morgan fingerprint density at radius 1 is 1.17 bits per heavy atom. The number of aromatic nitrogens is 3. The van der Waals surface area contributed by atoms with Gasteiger partial charge in [-0.2, -0.15) is 4.98 Å². The molecule has 1 saturated carbocycles. The van der Waals surface area contributed by atoms with E-state index in [1.165, 1.54) is 31.2 Å². The maximum absolute atomic E-state index is 5.83. The zero-order valence-corrected chi connectivity index (χ0v) is 13.6. The van der Waals surface area contributed by atoms with Crippen LogP contribution in [0, 0.1) is 5.92 Å². The number of rotatable bonds is 7. The molecule has 1 aliphatic rings. The summed E-state index contributed by atoms with van der Waals surface area (Å²) in [5.74, 6) is 2.03. The second-order valence-electron chi connectivity index (χ2n) is 6.09. The van der Waals surface area contributed by atoms with E-state index in [0.717, 1.165) is 18.8 Å².